The van der Waals surface area contributed by atoms with Gasteiger partial charge in [0.25, 0.3) is 0 Å². The number of anilines is 1. The molecular formula is C18H19N3O2. The highest BCUT2D eigenvalue weighted by molar-refractivity contribution is 5.80. The van der Waals surface area contributed by atoms with Gasteiger partial charge >= 0.3 is 5.97 Å². The number of carbonyl (C=O) groups excluding carboxylic acids is 1. The molecule has 0 saturated carbocycles. The number of ether oxygens (including phenoxy) is 1. The van der Waals surface area contributed by atoms with Gasteiger partial charge in [0.2, 0.25) is 0 Å². The number of benzene rings is 1. The van der Waals surface area contributed by atoms with Crippen molar-refractivity contribution in [3.63, 3.8) is 0 Å². The number of pyridine rings is 1. The highest BCUT2D eigenvalue weighted by Gasteiger charge is 2.15. The Morgan fingerprint density at radius 1 is 1.22 bits per heavy atom. The van der Waals surface area contributed by atoms with Crippen LogP contribution in [-0.2, 0) is 9.53 Å². The Bertz CT molecular complexity index is 825. The fourth-order valence-corrected chi connectivity index (χ4v) is 2.49. The minimum Gasteiger partial charge on any atom is -0.465 e. The van der Waals surface area contributed by atoms with Crippen LogP contribution in [0, 0.1) is 6.92 Å². The van der Waals surface area contributed by atoms with E-state index in [1.165, 1.54) is 0 Å². The summed E-state index contributed by atoms with van der Waals surface area (Å²) in [5, 5.41) is 3.17. The number of imidazole rings is 1. The summed E-state index contributed by atoms with van der Waals surface area (Å²) < 4.78 is 6.96. The van der Waals surface area contributed by atoms with Gasteiger partial charge in [-0.2, -0.15) is 0 Å². The van der Waals surface area contributed by atoms with E-state index in [1.807, 2.05) is 60.0 Å². The standard InChI is InChI=1S/C18H19N3O2/c1-3-23-16(22)11-19-18-17(14-7-5-4-6-8-14)20-15-10-9-13(2)12-21(15)18/h4-10,12,19H,3,11H2,1-2H3. The van der Waals surface area contributed by atoms with Gasteiger partial charge in [-0.05, 0) is 25.5 Å². The summed E-state index contributed by atoms with van der Waals surface area (Å²) in [5.41, 5.74) is 3.77. The second-order valence-electron chi connectivity index (χ2n) is 5.27. The Kier molecular flexibility index (Phi) is 4.28. The van der Waals surface area contributed by atoms with Gasteiger partial charge in [0.15, 0.2) is 0 Å². The van der Waals surface area contributed by atoms with Gasteiger partial charge in [-0.15, -0.1) is 0 Å². The summed E-state index contributed by atoms with van der Waals surface area (Å²) in [6.45, 7) is 4.30. The van der Waals surface area contributed by atoms with Crippen molar-refractivity contribution in [3.8, 4) is 11.3 Å². The second kappa shape index (κ2) is 6.52. The predicted octanol–water partition coefficient (Wildman–Crippen LogP) is 3.28. The minimum atomic E-state index is -0.283. The first-order valence-corrected chi connectivity index (χ1v) is 7.62. The molecule has 3 rings (SSSR count). The number of fused-ring (bicyclic) bond motifs is 1. The molecule has 0 saturated heterocycles. The lowest BCUT2D eigenvalue weighted by atomic mass is 10.1. The Balaban J connectivity index is 2.04. The van der Waals surface area contributed by atoms with E-state index in [2.05, 4.69) is 5.32 Å². The summed E-state index contributed by atoms with van der Waals surface area (Å²) >= 11 is 0. The molecule has 0 aliphatic heterocycles. The van der Waals surface area contributed by atoms with E-state index < -0.39 is 0 Å². The van der Waals surface area contributed by atoms with E-state index in [0.717, 1.165) is 28.3 Å². The topological polar surface area (TPSA) is 55.6 Å². The van der Waals surface area contributed by atoms with Gasteiger partial charge in [-0.3, -0.25) is 9.20 Å². The average molecular weight is 309 g/mol. The molecule has 1 aromatic carbocycles. The van der Waals surface area contributed by atoms with Crippen molar-refractivity contribution in [1.29, 1.82) is 0 Å². The first kappa shape index (κ1) is 15.1. The van der Waals surface area contributed by atoms with Crippen LogP contribution in [0.25, 0.3) is 16.9 Å². The lowest BCUT2D eigenvalue weighted by Gasteiger charge is -2.09. The maximum atomic E-state index is 11.7. The minimum absolute atomic E-state index is 0.107. The zero-order valence-electron chi connectivity index (χ0n) is 13.2. The van der Waals surface area contributed by atoms with E-state index in [1.54, 1.807) is 6.92 Å². The maximum Gasteiger partial charge on any atom is 0.325 e. The van der Waals surface area contributed by atoms with Crippen molar-refractivity contribution in [1.82, 2.24) is 9.38 Å². The summed E-state index contributed by atoms with van der Waals surface area (Å²) in [7, 11) is 0. The molecule has 1 N–H and O–H groups in total. The number of esters is 1. The van der Waals surface area contributed by atoms with Crippen LogP contribution >= 0.6 is 0 Å². The van der Waals surface area contributed by atoms with E-state index in [9.17, 15) is 4.79 Å². The number of hydrogen-bond acceptors (Lipinski definition) is 4. The van der Waals surface area contributed by atoms with Crippen molar-refractivity contribution < 1.29 is 9.53 Å². The van der Waals surface area contributed by atoms with Crippen LogP contribution in [-0.4, -0.2) is 28.5 Å². The summed E-state index contributed by atoms with van der Waals surface area (Å²) in [5.74, 6) is 0.511. The number of hydrogen-bond donors (Lipinski definition) is 1. The van der Waals surface area contributed by atoms with Gasteiger partial charge in [-0.1, -0.05) is 36.4 Å². The van der Waals surface area contributed by atoms with Gasteiger partial charge < -0.3 is 10.1 Å². The maximum absolute atomic E-state index is 11.7. The van der Waals surface area contributed by atoms with Crippen LogP contribution in [0.3, 0.4) is 0 Å². The quantitative estimate of drug-likeness (QED) is 0.735. The van der Waals surface area contributed by atoms with Crippen LogP contribution in [0.2, 0.25) is 0 Å². The lowest BCUT2D eigenvalue weighted by Crippen LogP contribution is -2.17. The Labute approximate surface area is 134 Å². The number of aromatic nitrogens is 2. The lowest BCUT2D eigenvalue weighted by molar-refractivity contribution is -0.140. The molecule has 0 spiro atoms. The molecule has 0 unspecified atom stereocenters. The number of rotatable bonds is 5. The molecule has 2 aromatic heterocycles. The summed E-state index contributed by atoms with van der Waals surface area (Å²) in [6, 6.07) is 13.9. The summed E-state index contributed by atoms with van der Waals surface area (Å²) in [6.07, 6.45) is 2.00. The molecule has 5 nitrogen and oxygen atoms in total. The van der Waals surface area contributed by atoms with Gasteiger partial charge in [-0.25, -0.2) is 4.98 Å². The van der Waals surface area contributed by atoms with Crippen molar-refractivity contribution in [2.45, 2.75) is 13.8 Å². The number of carbonyl (C=O) groups is 1. The third-order valence-electron chi connectivity index (χ3n) is 3.52. The largest absolute Gasteiger partial charge is 0.465 e. The molecule has 0 atom stereocenters. The highest BCUT2D eigenvalue weighted by Crippen LogP contribution is 2.28. The highest BCUT2D eigenvalue weighted by atomic mass is 16.5. The average Bonchev–Trinajstić information content (AvgIpc) is 2.92. The molecule has 0 aliphatic rings. The zero-order valence-corrected chi connectivity index (χ0v) is 13.2. The predicted molar refractivity (Wildman–Crippen MR) is 90.5 cm³/mol. The molecule has 0 amide bonds. The normalized spacial score (nSPS) is 10.7. The van der Waals surface area contributed by atoms with Crippen LogP contribution in [0.1, 0.15) is 12.5 Å². The Hall–Kier alpha value is -2.82. The van der Waals surface area contributed by atoms with E-state index in [4.69, 9.17) is 9.72 Å². The molecule has 0 bridgehead atoms. The SMILES string of the molecule is CCOC(=O)CNc1c(-c2ccccc2)nc2ccc(C)cn12. The molecule has 0 fully saturated rings. The van der Waals surface area contributed by atoms with Crippen molar-refractivity contribution in [3.05, 3.63) is 54.2 Å². The van der Waals surface area contributed by atoms with Gasteiger partial charge in [0.1, 0.15) is 23.7 Å². The Morgan fingerprint density at radius 2 is 2.00 bits per heavy atom. The number of nitrogens with zero attached hydrogens (tertiary/aromatic N) is 2. The monoisotopic (exact) mass is 309 g/mol. The number of nitrogens with one attached hydrogen (secondary N) is 1. The van der Waals surface area contributed by atoms with Crippen LogP contribution in [0.5, 0.6) is 0 Å². The van der Waals surface area contributed by atoms with Crippen LogP contribution in [0.4, 0.5) is 5.82 Å². The van der Waals surface area contributed by atoms with Crippen molar-refractivity contribution in [2.75, 3.05) is 18.5 Å². The first-order valence-electron chi connectivity index (χ1n) is 7.62. The zero-order chi connectivity index (χ0) is 16.2. The molecule has 2 heterocycles. The Morgan fingerprint density at radius 3 is 2.74 bits per heavy atom. The second-order valence-corrected chi connectivity index (χ2v) is 5.27. The van der Waals surface area contributed by atoms with E-state index in [0.29, 0.717) is 6.61 Å². The van der Waals surface area contributed by atoms with E-state index in [-0.39, 0.29) is 12.5 Å². The first-order chi connectivity index (χ1) is 11.2. The molecule has 23 heavy (non-hydrogen) atoms. The molecule has 0 aliphatic carbocycles. The smallest absolute Gasteiger partial charge is 0.325 e. The van der Waals surface area contributed by atoms with Crippen LogP contribution < -0.4 is 5.32 Å². The van der Waals surface area contributed by atoms with E-state index >= 15 is 0 Å². The molecule has 118 valence electrons. The fraction of sp³-hybridized carbons (Fsp3) is 0.222. The van der Waals surface area contributed by atoms with Crippen molar-refractivity contribution in [2.24, 2.45) is 0 Å². The molecule has 5 heteroatoms. The van der Waals surface area contributed by atoms with Gasteiger partial charge in [0.05, 0.1) is 6.61 Å². The molecule has 3 aromatic rings. The third kappa shape index (κ3) is 3.18. The van der Waals surface area contributed by atoms with Gasteiger partial charge in [0, 0.05) is 11.8 Å². The molecule has 0 radical (unpaired) electrons. The van der Waals surface area contributed by atoms with Crippen molar-refractivity contribution >= 4 is 17.4 Å². The number of aryl methyl sites for hydroxylation is 1. The fourth-order valence-electron chi connectivity index (χ4n) is 2.49. The summed E-state index contributed by atoms with van der Waals surface area (Å²) in [4.78, 5) is 16.4. The molecular weight excluding hydrogens is 290 g/mol. The third-order valence-corrected chi connectivity index (χ3v) is 3.52. The van der Waals surface area contributed by atoms with Crippen LogP contribution in [0.15, 0.2) is 48.7 Å².